The second-order valence-electron chi connectivity index (χ2n) is 22.1. The summed E-state index contributed by atoms with van der Waals surface area (Å²) in [6, 6.07) is -1.00. The minimum atomic E-state index is -1.28. The Bertz CT molecular complexity index is 1060. The summed E-state index contributed by atoms with van der Waals surface area (Å²) in [5.41, 5.74) is 0. The van der Waals surface area contributed by atoms with Gasteiger partial charge in [0.2, 0.25) is 5.91 Å². The van der Waals surface area contributed by atoms with Crippen LogP contribution in [-0.2, 0) is 4.79 Å². The molecule has 5 N–H and O–H groups in total. The maximum atomic E-state index is 12.6. The van der Waals surface area contributed by atoms with Gasteiger partial charge in [-0.1, -0.05) is 308 Å². The molecule has 0 aliphatic carbocycles. The van der Waals surface area contributed by atoms with E-state index in [0.717, 1.165) is 38.5 Å². The molecule has 0 saturated heterocycles. The Morgan fingerprint density at radius 2 is 0.586 bits per heavy atom. The second kappa shape index (κ2) is 58.7. The molecule has 4 unspecified atom stereocenters. The average molecular weight is 989 g/mol. The first-order valence-electron chi connectivity index (χ1n) is 31.7. The number of carbonyl (C=O) groups excluding carboxylic acids is 1. The van der Waals surface area contributed by atoms with Crippen molar-refractivity contribution in [3.8, 4) is 0 Å². The Morgan fingerprint density at radius 3 is 0.857 bits per heavy atom. The van der Waals surface area contributed by atoms with Gasteiger partial charge in [-0.05, 0) is 64.2 Å². The van der Waals surface area contributed by atoms with Gasteiger partial charge in [0.05, 0.1) is 18.8 Å². The van der Waals surface area contributed by atoms with Crippen LogP contribution in [0.3, 0.4) is 0 Å². The molecule has 6 nitrogen and oxygen atoms in total. The highest BCUT2D eigenvalue weighted by atomic mass is 16.3. The molecule has 4 atom stereocenters. The van der Waals surface area contributed by atoms with Gasteiger partial charge < -0.3 is 25.7 Å². The number of carbonyl (C=O) groups is 1. The van der Waals surface area contributed by atoms with Gasteiger partial charge in [0.1, 0.15) is 12.2 Å². The molecule has 0 bridgehead atoms. The zero-order valence-electron chi connectivity index (χ0n) is 47.3. The van der Waals surface area contributed by atoms with Crippen LogP contribution >= 0.6 is 0 Å². The van der Waals surface area contributed by atoms with E-state index in [1.54, 1.807) is 0 Å². The molecule has 0 aromatic carbocycles. The predicted molar refractivity (Wildman–Crippen MR) is 307 cm³/mol. The fraction of sp³-hybridized carbons (Fsp3) is 0.922. The highest BCUT2D eigenvalue weighted by Gasteiger charge is 2.28. The minimum Gasteiger partial charge on any atom is -0.394 e. The maximum absolute atomic E-state index is 12.6. The van der Waals surface area contributed by atoms with Crippen molar-refractivity contribution in [3.63, 3.8) is 0 Å². The van der Waals surface area contributed by atoms with Gasteiger partial charge in [0.15, 0.2) is 0 Å². The molecule has 0 aliphatic rings. The van der Waals surface area contributed by atoms with Gasteiger partial charge in [-0.25, -0.2) is 0 Å². The third-order valence-electron chi connectivity index (χ3n) is 15.1. The summed E-state index contributed by atoms with van der Waals surface area (Å²) in [5, 5.41) is 44.0. The van der Waals surface area contributed by atoms with Crippen LogP contribution in [0.4, 0.5) is 0 Å². The second-order valence-corrected chi connectivity index (χ2v) is 22.1. The topological polar surface area (TPSA) is 110 Å². The molecule has 1 amide bonds. The maximum Gasteiger partial charge on any atom is 0.249 e. The Kier molecular flexibility index (Phi) is 57.7. The molecule has 70 heavy (non-hydrogen) atoms. The quantitative estimate of drug-likeness (QED) is 0.0308. The highest BCUT2D eigenvalue weighted by molar-refractivity contribution is 5.80. The zero-order valence-corrected chi connectivity index (χ0v) is 47.3. The van der Waals surface area contributed by atoms with Crippen molar-refractivity contribution in [1.29, 1.82) is 0 Å². The van der Waals surface area contributed by atoms with Crippen molar-refractivity contribution < 1.29 is 25.2 Å². The average Bonchev–Trinajstić information content (AvgIpc) is 3.36. The molecule has 0 saturated carbocycles. The van der Waals surface area contributed by atoms with Crippen molar-refractivity contribution in [1.82, 2.24) is 5.32 Å². The summed E-state index contributed by atoms with van der Waals surface area (Å²) in [4.78, 5) is 12.6. The van der Waals surface area contributed by atoms with E-state index in [0.29, 0.717) is 12.8 Å². The van der Waals surface area contributed by atoms with Gasteiger partial charge >= 0.3 is 0 Å². The summed E-state index contributed by atoms with van der Waals surface area (Å²) >= 11 is 0. The highest BCUT2D eigenvalue weighted by Crippen LogP contribution is 2.18. The molecule has 0 aliphatic heterocycles. The number of allylic oxidation sites excluding steroid dienone is 4. The van der Waals surface area contributed by atoms with Crippen LogP contribution in [0.15, 0.2) is 24.3 Å². The van der Waals surface area contributed by atoms with Crippen molar-refractivity contribution in [2.45, 2.75) is 372 Å². The SMILES string of the molecule is CCCCCCCCCCCCCCC/C=C/CCCC(O)C(O)C(CO)NC(=O)C(O)CCCCCCCCCCCCCCCCCC/C=C\CCCCCCCCCCCCCCCCCC. The van der Waals surface area contributed by atoms with Gasteiger partial charge in [-0.3, -0.25) is 4.79 Å². The fourth-order valence-corrected chi connectivity index (χ4v) is 10.2. The molecule has 0 heterocycles. The van der Waals surface area contributed by atoms with E-state index in [-0.39, 0.29) is 0 Å². The molecule has 0 fully saturated rings. The van der Waals surface area contributed by atoms with Crippen LogP contribution in [0.25, 0.3) is 0 Å². The number of hydrogen-bond donors (Lipinski definition) is 5. The fourth-order valence-electron chi connectivity index (χ4n) is 10.2. The number of amides is 1. The van der Waals surface area contributed by atoms with E-state index in [1.165, 1.54) is 283 Å². The van der Waals surface area contributed by atoms with Crippen molar-refractivity contribution in [2.75, 3.05) is 6.61 Å². The zero-order chi connectivity index (χ0) is 50.9. The number of aliphatic hydroxyl groups is 4. The number of nitrogens with one attached hydrogen (secondary N) is 1. The molecular weight excluding hydrogens is 863 g/mol. The third-order valence-corrected chi connectivity index (χ3v) is 15.1. The van der Waals surface area contributed by atoms with E-state index in [4.69, 9.17) is 0 Å². The lowest BCUT2D eigenvalue weighted by Crippen LogP contribution is -2.53. The van der Waals surface area contributed by atoms with Crippen LogP contribution in [0.1, 0.15) is 348 Å². The number of unbranched alkanes of at least 4 members (excludes halogenated alkanes) is 46. The monoisotopic (exact) mass is 988 g/mol. The van der Waals surface area contributed by atoms with Crippen LogP contribution in [0.2, 0.25) is 0 Å². The van der Waals surface area contributed by atoms with Crippen LogP contribution in [0, 0.1) is 0 Å². The normalized spacial score (nSPS) is 13.7. The summed E-state index contributed by atoms with van der Waals surface area (Å²) in [5.74, 6) is -0.588. The predicted octanol–water partition coefficient (Wildman–Crippen LogP) is 19.0. The Balaban J connectivity index is 3.54. The summed E-state index contributed by atoms with van der Waals surface area (Å²) < 4.78 is 0. The number of hydrogen-bond acceptors (Lipinski definition) is 5. The smallest absolute Gasteiger partial charge is 0.249 e. The minimum absolute atomic E-state index is 0.366. The lowest BCUT2D eigenvalue weighted by Gasteiger charge is -2.27. The van der Waals surface area contributed by atoms with E-state index in [1.807, 2.05) is 0 Å². The van der Waals surface area contributed by atoms with E-state index in [9.17, 15) is 25.2 Å². The van der Waals surface area contributed by atoms with E-state index >= 15 is 0 Å². The lowest BCUT2D eigenvalue weighted by molar-refractivity contribution is -0.132. The first-order valence-corrected chi connectivity index (χ1v) is 31.7. The van der Waals surface area contributed by atoms with Gasteiger partial charge in [0.25, 0.3) is 0 Å². The van der Waals surface area contributed by atoms with Crippen molar-refractivity contribution in [3.05, 3.63) is 24.3 Å². The molecule has 416 valence electrons. The summed E-state index contributed by atoms with van der Waals surface area (Å²) in [6.07, 6.45) is 72.9. The molecule has 0 aromatic heterocycles. The van der Waals surface area contributed by atoms with Crippen molar-refractivity contribution in [2.24, 2.45) is 0 Å². The first kappa shape index (κ1) is 68.8. The molecule has 0 aromatic rings. The Morgan fingerprint density at radius 1 is 0.343 bits per heavy atom. The third kappa shape index (κ3) is 51.7. The number of aliphatic hydroxyl groups excluding tert-OH is 4. The first-order chi connectivity index (χ1) is 34.5. The molecule has 6 heteroatoms. The largest absolute Gasteiger partial charge is 0.394 e. The lowest BCUT2D eigenvalue weighted by atomic mass is 10.00. The van der Waals surface area contributed by atoms with E-state index in [2.05, 4.69) is 43.5 Å². The van der Waals surface area contributed by atoms with Gasteiger partial charge in [-0.15, -0.1) is 0 Å². The Labute approximate surface area is 437 Å². The van der Waals surface area contributed by atoms with Gasteiger partial charge in [-0.2, -0.15) is 0 Å². The van der Waals surface area contributed by atoms with Gasteiger partial charge in [0, 0.05) is 0 Å². The summed E-state index contributed by atoms with van der Waals surface area (Å²) in [7, 11) is 0. The van der Waals surface area contributed by atoms with Crippen LogP contribution < -0.4 is 5.32 Å². The van der Waals surface area contributed by atoms with E-state index < -0.39 is 36.9 Å². The van der Waals surface area contributed by atoms with Crippen LogP contribution in [0.5, 0.6) is 0 Å². The molecule has 0 radical (unpaired) electrons. The standard InChI is InChI=1S/C64H125NO5/c1-3-5-7-9-11-13-15-17-19-21-23-24-25-26-27-28-29-30-31-32-33-34-35-36-37-38-39-40-42-44-46-48-50-52-54-56-58-62(68)64(70)65-60(59-66)63(69)61(67)57-55-53-51-49-47-45-43-41-22-20-18-16-14-12-10-8-6-4-2/h30-31,49,51,60-63,66-69H,3-29,32-48,50,52-59H2,1-2H3,(H,65,70)/b31-30-,51-49+. The molecular formula is C64H125NO5. The van der Waals surface area contributed by atoms with Crippen LogP contribution in [-0.4, -0.2) is 57.3 Å². The molecule has 0 spiro atoms. The summed E-state index contributed by atoms with van der Waals surface area (Å²) in [6.45, 7) is 4.08. The van der Waals surface area contributed by atoms with Crippen molar-refractivity contribution >= 4 is 5.91 Å². The Hall–Kier alpha value is -1.21. The number of rotatable bonds is 59. The molecule has 0 rings (SSSR count).